The molecule has 4 atom stereocenters. The van der Waals surface area contributed by atoms with Gasteiger partial charge in [0.05, 0.1) is 5.92 Å². The van der Waals surface area contributed by atoms with Crippen LogP contribution in [-0.2, 0) is 9.59 Å². The molecule has 0 heterocycles. The van der Waals surface area contributed by atoms with E-state index in [1.807, 2.05) is 0 Å². The molecular weight excluding hydrogens is 278 g/mol. The van der Waals surface area contributed by atoms with Gasteiger partial charge >= 0.3 is 5.97 Å². The van der Waals surface area contributed by atoms with E-state index in [0.717, 1.165) is 23.1 Å². The van der Waals surface area contributed by atoms with Crippen molar-refractivity contribution in [2.75, 3.05) is 5.32 Å². The van der Waals surface area contributed by atoms with Crippen LogP contribution in [0.4, 0.5) is 5.69 Å². The predicted octanol–water partition coefficient (Wildman–Crippen LogP) is 3.64. The zero-order valence-electron chi connectivity index (χ0n) is 12.9. The van der Waals surface area contributed by atoms with Gasteiger partial charge in [-0.3, -0.25) is 9.59 Å². The second-order valence-electron chi connectivity index (χ2n) is 6.87. The molecule has 4 nitrogen and oxygen atoms in total. The summed E-state index contributed by atoms with van der Waals surface area (Å²) in [7, 11) is 0. The van der Waals surface area contributed by atoms with Gasteiger partial charge < -0.3 is 10.4 Å². The molecule has 2 fully saturated rings. The summed E-state index contributed by atoms with van der Waals surface area (Å²) in [5, 5.41) is 11.9. The van der Waals surface area contributed by atoms with Crippen LogP contribution in [0.5, 0.6) is 0 Å². The van der Waals surface area contributed by atoms with Gasteiger partial charge in [0.2, 0.25) is 5.91 Å². The van der Waals surface area contributed by atoms with E-state index < -0.39 is 11.9 Å². The standard InChI is InChI=1S/C18H23NO3/c1-11(18(21)22)13-4-6-16(7-5-13)19-17(20)10-15-9-12-2-3-14(15)8-12/h4-7,11-12,14-15H,2-3,8-10H2,1H3,(H,19,20)(H,21,22). The predicted molar refractivity (Wildman–Crippen MR) is 84.7 cm³/mol. The van der Waals surface area contributed by atoms with Crippen molar-refractivity contribution in [1.29, 1.82) is 0 Å². The molecule has 2 aliphatic rings. The zero-order valence-corrected chi connectivity index (χ0v) is 12.9. The van der Waals surface area contributed by atoms with Gasteiger partial charge in [-0.05, 0) is 61.6 Å². The Balaban J connectivity index is 1.54. The van der Waals surface area contributed by atoms with Crippen LogP contribution in [0.3, 0.4) is 0 Å². The van der Waals surface area contributed by atoms with Crippen LogP contribution >= 0.6 is 0 Å². The Morgan fingerprint density at radius 3 is 2.50 bits per heavy atom. The first kappa shape index (κ1) is 15.1. The summed E-state index contributed by atoms with van der Waals surface area (Å²) in [5.41, 5.74) is 1.49. The van der Waals surface area contributed by atoms with Crippen LogP contribution in [0.1, 0.15) is 50.5 Å². The first-order valence-corrected chi connectivity index (χ1v) is 8.15. The number of amides is 1. The second-order valence-corrected chi connectivity index (χ2v) is 6.87. The number of carbonyl (C=O) groups is 2. The van der Waals surface area contributed by atoms with E-state index in [4.69, 9.17) is 5.11 Å². The number of benzene rings is 1. The molecule has 2 aliphatic carbocycles. The topological polar surface area (TPSA) is 66.4 Å². The number of anilines is 1. The summed E-state index contributed by atoms with van der Waals surface area (Å²) < 4.78 is 0. The molecule has 0 saturated heterocycles. The third kappa shape index (κ3) is 3.16. The van der Waals surface area contributed by atoms with E-state index in [2.05, 4.69) is 5.32 Å². The summed E-state index contributed by atoms with van der Waals surface area (Å²) >= 11 is 0. The van der Waals surface area contributed by atoms with Gasteiger partial charge in [0.1, 0.15) is 0 Å². The summed E-state index contributed by atoms with van der Waals surface area (Å²) in [4.78, 5) is 23.1. The first-order valence-electron chi connectivity index (χ1n) is 8.15. The molecule has 4 unspecified atom stereocenters. The minimum absolute atomic E-state index is 0.0802. The van der Waals surface area contributed by atoms with Crippen molar-refractivity contribution < 1.29 is 14.7 Å². The van der Waals surface area contributed by atoms with E-state index >= 15 is 0 Å². The maximum Gasteiger partial charge on any atom is 0.310 e. The normalized spacial score (nSPS) is 27.6. The molecule has 1 amide bonds. The van der Waals surface area contributed by atoms with Gasteiger partial charge in [0.15, 0.2) is 0 Å². The third-order valence-electron chi connectivity index (χ3n) is 5.40. The highest BCUT2D eigenvalue weighted by molar-refractivity contribution is 5.91. The molecule has 0 aromatic heterocycles. The van der Waals surface area contributed by atoms with Crippen molar-refractivity contribution in [3.63, 3.8) is 0 Å². The number of hydrogen-bond acceptors (Lipinski definition) is 2. The highest BCUT2D eigenvalue weighted by Crippen LogP contribution is 2.49. The average Bonchev–Trinajstić information content (AvgIpc) is 3.09. The summed E-state index contributed by atoms with van der Waals surface area (Å²) in [5.74, 6) is 0.891. The Morgan fingerprint density at radius 2 is 1.95 bits per heavy atom. The maximum absolute atomic E-state index is 12.2. The Labute approximate surface area is 130 Å². The number of hydrogen-bond donors (Lipinski definition) is 2. The number of aliphatic carboxylic acids is 1. The van der Waals surface area contributed by atoms with Gasteiger partial charge in [-0.2, -0.15) is 0 Å². The van der Waals surface area contributed by atoms with Crippen molar-refractivity contribution in [1.82, 2.24) is 0 Å². The van der Waals surface area contributed by atoms with Crippen LogP contribution in [0, 0.1) is 17.8 Å². The molecule has 22 heavy (non-hydrogen) atoms. The van der Waals surface area contributed by atoms with Crippen molar-refractivity contribution in [2.45, 2.75) is 44.9 Å². The third-order valence-corrected chi connectivity index (χ3v) is 5.40. The highest BCUT2D eigenvalue weighted by Gasteiger charge is 2.40. The number of rotatable bonds is 5. The molecule has 4 heteroatoms. The molecule has 0 radical (unpaired) electrons. The van der Waals surface area contributed by atoms with Crippen LogP contribution in [0.2, 0.25) is 0 Å². The second kappa shape index (κ2) is 6.11. The molecule has 1 aromatic carbocycles. The monoisotopic (exact) mass is 301 g/mol. The van der Waals surface area contributed by atoms with E-state index in [0.29, 0.717) is 12.3 Å². The lowest BCUT2D eigenvalue weighted by Crippen LogP contribution is -2.20. The van der Waals surface area contributed by atoms with Crippen LogP contribution in [-0.4, -0.2) is 17.0 Å². The fourth-order valence-electron chi connectivity index (χ4n) is 4.07. The fraction of sp³-hybridized carbons (Fsp3) is 0.556. The Bertz CT molecular complexity index is 566. The number of nitrogens with one attached hydrogen (secondary N) is 1. The molecular formula is C18H23NO3. The van der Waals surface area contributed by atoms with Crippen LogP contribution in [0.25, 0.3) is 0 Å². The highest BCUT2D eigenvalue weighted by atomic mass is 16.4. The lowest BCUT2D eigenvalue weighted by Gasteiger charge is -2.21. The van der Waals surface area contributed by atoms with Crippen molar-refractivity contribution >= 4 is 17.6 Å². The number of carboxylic acid groups (broad SMARTS) is 1. The van der Waals surface area contributed by atoms with Gasteiger partial charge in [-0.15, -0.1) is 0 Å². The lowest BCUT2D eigenvalue weighted by molar-refractivity contribution is -0.138. The quantitative estimate of drug-likeness (QED) is 0.872. The van der Waals surface area contributed by atoms with Crippen molar-refractivity contribution in [2.24, 2.45) is 17.8 Å². The van der Waals surface area contributed by atoms with E-state index in [1.165, 1.54) is 25.7 Å². The van der Waals surface area contributed by atoms with Gasteiger partial charge in [-0.1, -0.05) is 18.6 Å². The molecule has 118 valence electrons. The smallest absolute Gasteiger partial charge is 0.310 e. The van der Waals surface area contributed by atoms with Gasteiger partial charge in [0.25, 0.3) is 0 Å². The van der Waals surface area contributed by atoms with Crippen LogP contribution in [0.15, 0.2) is 24.3 Å². The largest absolute Gasteiger partial charge is 0.481 e. The average molecular weight is 301 g/mol. The fourth-order valence-corrected chi connectivity index (χ4v) is 4.07. The molecule has 0 aliphatic heterocycles. The number of carbonyl (C=O) groups excluding carboxylic acids is 1. The van der Waals surface area contributed by atoms with Gasteiger partial charge in [0, 0.05) is 12.1 Å². The Hall–Kier alpha value is -1.84. The summed E-state index contributed by atoms with van der Waals surface area (Å²) in [6, 6.07) is 7.11. The minimum atomic E-state index is -0.840. The molecule has 2 bridgehead atoms. The minimum Gasteiger partial charge on any atom is -0.481 e. The maximum atomic E-state index is 12.2. The number of carboxylic acids is 1. The summed E-state index contributed by atoms with van der Waals surface area (Å²) in [6.45, 7) is 1.66. The molecule has 0 spiro atoms. The molecule has 2 N–H and O–H groups in total. The summed E-state index contributed by atoms with van der Waals surface area (Å²) in [6.07, 6.45) is 5.80. The Kier molecular flexibility index (Phi) is 4.19. The van der Waals surface area contributed by atoms with E-state index in [-0.39, 0.29) is 5.91 Å². The van der Waals surface area contributed by atoms with Crippen molar-refractivity contribution in [3.8, 4) is 0 Å². The molecule has 1 aromatic rings. The van der Waals surface area contributed by atoms with E-state index in [9.17, 15) is 9.59 Å². The zero-order chi connectivity index (χ0) is 15.7. The molecule has 3 rings (SSSR count). The lowest BCUT2D eigenvalue weighted by atomic mass is 9.86. The number of fused-ring (bicyclic) bond motifs is 2. The van der Waals surface area contributed by atoms with Crippen molar-refractivity contribution in [3.05, 3.63) is 29.8 Å². The van der Waals surface area contributed by atoms with Gasteiger partial charge in [-0.25, -0.2) is 0 Å². The Morgan fingerprint density at radius 1 is 1.23 bits per heavy atom. The first-order chi connectivity index (χ1) is 10.5. The molecule has 2 saturated carbocycles. The van der Waals surface area contributed by atoms with Crippen LogP contribution < -0.4 is 5.32 Å². The SMILES string of the molecule is CC(C(=O)O)c1ccc(NC(=O)CC2CC3CCC2C3)cc1. The van der Waals surface area contributed by atoms with E-state index in [1.54, 1.807) is 31.2 Å².